The number of hydrogen-bond donors (Lipinski definition) is 4. The van der Waals surface area contributed by atoms with Crippen molar-refractivity contribution in [3.05, 3.63) is 109 Å². The lowest BCUT2D eigenvalue weighted by molar-refractivity contribution is -0.116. The molecule has 0 saturated carbocycles. The molecule has 0 saturated heterocycles. The van der Waals surface area contributed by atoms with Crippen molar-refractivity contribution in [2.75, 3.05) is 27.8 Å². The van der Waals surface area contributed by atoms with E-state index >= 15 is 0 Å². The third-order valence-electron chi connectivity index (χ3n) is 5.25. The molecular formula is C28H26N4O4. The zero-order valence-electron chi connectivity index (χ0n) is 19.5. The highest BCUT2D eigenvalue weighted by Crippen LogP contribution is 2.17. The van der Waals surface area contributed by atoms with Gasteiger partial charge in [0.25, 0.3) is 5.91 Å². The topological polar surface area (TPSA) is 112 Å². The van der Waals surface area contributed by atoms with E-state index in [0.29, 0.717) is 29.9 Å². The number of benzene rings is 3. The second kappa shape index (κ2) is 12.0. The molecule has 8 nitrogen and oxygen atoms in total. The summed E-state index contributed by atoms with van der Waals surface area (Å²) < 4.78 is 5.08. The van der Waals surface area contributed by atoms with Crippen molar-refractivity contribution in [3.63, 3.8) is 0 Å². The van der Waals surface area contributed by atoms with Crippen LogP contribution in [0.25, 0.3) is 0 Å². The molecule has 0 unspecified atom stereocenters. The molecule has 4 N–H and O–H groups in total. The Labute approximate surface area is 208 Å². The molecular weight excluding hydrogens is 456 g/mol. The molecule has 4 rings (SSSR count). The van der Waals surface area contributed by atoms with Gasteiger partial charge in [0.2, 0.25) is 11.8 Å². The van der Waals surface area contributed by atoms with Gasteiger partial charge in [0, 0.05) is 29.2 Å². The van der Waals surface area contributed by atoms with Gasteiger partial charge < -0.3 is 25.7 Å². The Balaban J connectivity index is 1.21. The number of carbonyl (C=O) groups is 3. The minimum Gasteiger partial charge on any atom is -0.459 e. The average Bonchev–Trinajstić information content (AvgIpc) is 3.43. The molecule has 3 amide bonds. The van der Waals surface area contributed by atoms with Crippen molar-refractivity contribution in [2.45, 2.75) is 12.8 Å². The largest absolute Gasteiger partial charge is 0.459 e. The van der Waals surface area contributed by atoms with Crippen LogP contribution in [-0.4, -0.2) is 24.3 Å². The second-order valence-corrected chi connectivity index (χ2v) is 8.03. The summed E-state index contributed by atoms with van der Waals surface area (Å²) in [4.78, 5) is 36.7. The third-order valence-corrected chi connectivity index (χ3v) is 5.25. The first-order chi connectivity index (χ1) is 17.5. The van der Waals surface area contributed by atoms with Gasteiger partial charge in [-0.25, -0.2) is 0 Å². The van der Waals surface area contributed by atoms with Crippen molar-refractivity contribution in [1.29, 1.82) is 0 Å². The zero-order chi connectivity index (χ0) is 25.2. The number of rotatable bonds is 10. The maximum Gasteiger partial charge on any atom is 0.291 e. The smallest absolute Gasteiger partial charge is 0.291 e. The minimum atomic E-state index is -0.374. The van der Waals surface area contributed by atoms with E-state index in [1.807, 2.05) is 30.3 Å². The molecule has 0 fully saturated rings. The first-order valence-electron chi connectivity index (χ1n) is 11.5. The van der Waals surface area contributed by atoms with Gasteiger partial charge in [-0.2, -0.15) is 0 Å². The van der Waals surface area contributed by atoms with Gasteiger partial charge in [-0.15, -0.1) is 0 Å². The molecule has 8 heteroatoms. The maximum atomic E-state index is 12.4. The molecule has 0 aliphatic rings. The van der Waals surface area contributed by atoms with E-state index in [9.17, 15) is 14.4 Å². The first-order valence-corrected chi connectivity index (χ1v) is 11.5. The standard InChI is InChI=1S/C28H26N4O4/c33-26(16-11-20-6-2-1-3-7-20)30-22-14-12-21(13-15-22)29-19-27(34)31-23-8-4-9-24(18-23)32-28(35)25-10-5-17-36-25/h1-10,12-15,17-18,29H,11,16,19H2,(H,30,33)(H,31,34)(H,32,35). The van der Waals surface area contributed by atoms with E-state index in [2.05, 4.69) is 21.3 Å². The number of hydrogen-bond acceptors (Lipinski definition) is 5. The van der Waals surface area contributed by atoms with Crippen LogP contribution in [0.15, 0.2) is 102 Å². The number of anilines is 4. The van der Waals surface area contributed by atoms with Crippen LogP contribution in [0.5, 0.6) is 0 Å². The number of nitrogens with one attached hydrogen (secondary N) is 4. The van der Waals surface area contributed by atoms with E-state index in [-0.39, 0.29) is 30.0 Å². The van der Waals surface area contributed by atoms with Crippen molar-refractivity contribution in [3.8, 4) is 0 Å². The molecule has 0 bridgehead atoms. The van der Waals surface area contributed by atoms with Crippen LogP contribution in [0.3, 0.4) is 0 Å². The summed E-state index contributed by atoms with van der Waals surface area (Å²) in [5.74, 6) is -0.475. The van der Waals surface area contributed by atoms with Crippen molar-refractivity contribution < 1.29 is 18.8 Å². The van der Waals surface area contributed by atoms with Gasteiger partial charge in [0.1, 0.15) is 0 Å². The molecule has 0 aliphatic heterocycles. The van der Waals surface area contributed by atoms with E-state index in [1.165, 1.54) is 6.26 Å². The predicted octanol–water partition coefficient (Wildman–Crippen LogP) is 5.15. The van der Waals surface area contributed by atoms with Gasteiger partial charge in [-0.1, -0.05) is 36.4 Å². The summed E-state index contributed by atoms with van der Waals surface area (Å²) in [7, 11) is 0. The number of amides is 3. The predicted molar refractivity (Wildman–Crippen MR) is 140 cm³/mol. The highest BCUT2D eigenvalue weighted by atomic mass is 16.3. The summed E-state index contributed by atoms with van der Waals surface area (Å²) >= 11 is 0. The van der Waals surface area contributed by atoms with Gasteiger partial charge in [0.05, 0.1) is 12.8 Å². The van der Waals surface area contributed by atoms with Gasteiger partial charge >= 0.3 is 0 Å². The summed E-state index contributed by atoms with van der Waals surface area (Å²) in [6.45, 7) is 0.0474. The van der Waals surface area contributed by atoms with Crippen molar-refractivity contribution in [1.82, 2.24) is 0 Å². The van der Waals surface area contributed by atoms with Crippen LogP contribution in [0.1, 0.15) is 22.5 Å². The molecule has 1 heterocycles. The van der Waals surface area contributed by atoms with E-state index in [0.717, 1.165) is 11.3 Å². The average molecular weight is 483 g/mol. The minimum absolute atomic E-state index is 0.0474. The molecule has 1 aromatic heterocycles. The van der Waals surface area contributed by atoms with Crippen molar-refractivity contribution >= 4 is 40.5 Å². The van der Waals surface area contributed by atoms with Crippen LogP contribution in [0, 0.1) is 0 Å². The molecule has 4 aromatic rings. The Bertz CT molecular complexity index is 1300. The molecule has 182 valence electrons. The van der Waals surface area contributed by atoms with Crippen LogP contribution < -0.4 is 21.3 Å². The quantitative estimate of drug-likeness (QED) is 0.250. The monoisotopic (exact) mass is 482 g/mol. The Hall–Kier alpha value is -4.85. The molecule has 36 heavy (non-hydrogen) atoms. The number of furan rings is 1. The molecule has 0 atom stereocenters. The van der Waals surface area contributed by atoms with Gasteiger partial charge in [-0.05, 0) is 66.6 Å². The third kappa shape index (κ3) is 7.33. The van der Waals surface area contributed by atoms with Crippen LogP contribution >= 0.6 is 0 Å². The van der Waals surface area contributed by atoms with Crippen molar-refractivity contribution in [2.24, 2.45) is 0 Å². The summed E-state index contributed by atoms with van der Waals surface area (Å²) in [6, 6.07) is 27.1. The lowest BCUT2D eigenvalue weighted by Gasteiger charge is -2.10. The number of carbonyl (C=O) groups excluding carboxylic acids is 3. The molecule has 3 aromatic carbocycles. The lowest BCUT2D eigenvalue weighted by Crippen LogP contribution is -2.22. The Kier molecular flexibility index (Phi) is 8.11. The fourth-order valence-corrected chi connectivity index (χ4v) is 3.46. The Morgan fingerprint density at radius 1 is 0.639 bits per heavy atom. The first kappa shape index (κ1) is 24.3. The van der Waals surface area contributed by atoms with E-state index in [1.54, 1.807) is 60.7 Å². The maximum absolute atomic E-state index is 12.4. The van der Waals surface area contributed by atoms with E-state index in [4.69, 9.17) is 4.42 Å². The fourth-order valence-electron chi connectivity index (χ4n) is 3.46. The molecule has 0 radical (unpaired) electrons. The normalized spacial score (nSPS) is 10.3. The second-order valence-electron chi connectivity index (χ2n) is 8.03. The van der Waals surface area contributed by atoms with Crippen LogP contribution in [-0.2, 0) is 16.0 Å². The van der Waals surface area contributed by atoms with Crippen LogP contribution in [0.4, 0.5) is 22.7 Å². The van der Waals surface area contributed by atoms with Gasteiger partial charge in [0.15, 0.2) is 5.76 Å². The molecule has 0 spiro atoms. The van der Waals surface area contributed by atoms with Gasteiger partial charge in [-0.3, -0.25) is 14.4 Å². The Morgan fingerprint density at radius 3 is 2.06 bits per heavy atom. The zero-order valence-corrected chi connectivity index (χ0v) is 19.5. The highest BCUT2D eigenvalue weighted by molar-refractivity contribution is 6.03. The van der Waals surface area contributed by atoms with Crippen LogP contribution in [0.2, 0.25) is 0 Å². The Morgan fingerprint density at radius 2 is 1.33 bits per heavy atom. The summed E-state index contributed by atoms with van der Waals surface area (Å²) in [5, 5.41) is 11.4. The molecule has 0 aliphatic carbocycles. The summed E-state index contributed by atoms with van der Waals surface area (Å²) in [5.41, 5.74) is 3.63. The SMILES string of the molecule is O=C(CCc1ccccc1)Nc1ccc(NCC(=O)Nc2cccc(NC(=O)c3ccco3)c2)cc1. The summed E-state index contributed by atoms with van der Waals surface area (Å²) in [6.07, 6.45) is 2.51. The number of aryl methyl sites for hydroxylation is 1. The lowest BCUT2D eigenvalue weighted by atomic mass is 10.1. The van der Waals surface area contributed by atoms with E-state index < -0.39 is 0 Å². The highest BCUT2D eigenvalue weighted by Gasteiger charge is 2.10. The fraction of sp³-hybridized carbons (Fsp3) is 0.107.